The van der Waals surface area contributed by atoms with E-state index in [1.165, 1.54) is 0 Å². The number of anilines is 1. The third kappa shape index (κ3) is 3.32. The fraction of sp³-hybridized carbons (Fsp3) is 0.357. The van der Waals surface area contributed by atoms with E-state index in [1.807, 2.05) is 18.2 Å². The van der Waals surface area contributed by atoms with Crippen LogP contribution in [0.4, 0.5) is 5.69 Å². The molecule has 0 aliphatic carbocycles. The predicted molar refractivity (Wildman–Crippen MR) is 73.5 cm³/mol. The summed E-state index contributed by atoms with van der Waals surface area (Å²) in [4.78, 5) is 19.1. The topological polar surface area (TPSA) is 81.6 Å². The second kappa shape index (κ2) is 5.53. The Kier molecular flexibility index (Phi) is 3.81. The number of aromatic amines is 1. The van der Waals surface area contributed by atoms with Crippen molar-refractivity contribution in [2.24, 2.45) is 5.92 Å². The molecule has 2 aromatic rings. The molecule has 0 fully saturated rings. The van der Waals surface area contributed by atoms with E-state index >= 15 is 0 Å². The second-order valence-corrected chi connectivity index (χ2v) is 4.90. The second-order valence-electron chi connectivity index (χ2n) is 4.90. The maximum absolute atomic E-state index is 11.3. The smallest absolute Gasteiger partial charge is 0.238 e. The van der Waals surface area contributed by atoms with Crippen LogP contribution in [-0.2, 0) is 11.2 Å². The first kappa shape index (κ1) is 13.1. The van der Waals surface area contributed by atoms with Gasteiger partial charge in [-0.2, -0.15) is 5.26 Å². The van der Waals surface area contributed by atoms with Gasteiger partial charge >= 0.3 is 0 Å². The number of nitrogens with one attached hydrogen (secondary N) is 2. The first-order valence-electron chi connectivity index (χ1n) is 6.24. The molecular formula is C14H16N4O. The summed E-state index contributed by atoms with van der Waals surface area (Å²) in [6.45, 7) is 4.28. The fourth-order valence-electron chi connectivity index (χ4n) is 1.90. The van der Waals surface area contributed by atoms with Gasteiger partial charge in [-0.3, -0.25) is 4.79 Å². The van der Waals surface area contributed by atoms with Crippen LogP contribution in [0.5, 0.6) is 0 Å². The van der Waals surface area contributed by atoms with E-state index < -0.39 is 0 Å². The molecule has 1 aromatic heterocycles. The number of aromatic nitrogens is 2. The van der Waals surface area contributed by atoms with Crippen molar-refractivity contribution in [1.82, 2.24) is 9.97 Å². The van der Waals surface area contributed by atoms with Gasteiger partial charge in [0.1, 0.15) is 12.2 Å². The lowest BCUT2D eigenvalue weighted by Gasteiger charge is -2.01. The number of carbonyl (C=O) groups excluding carboxylic acids is 1. The van der Waals surface area contributed by atoms with Crippen LogP contribution in [0.3, 0.4) is 0 Å². The molecule has 0 saturated heterocycles. The molecule has 0 radical (unpaired) electrons. The number of imidazole rings is 1. The molecule has 98 valence electrons. The van der Waals surface area contributed by atoms with Crippen molar-refractivity contribution in [3.63, 3.8) is 0 Å². The molecular weight excluding hydrogens is 240 g/mol. The molecule has 0 aliphatic heterocycles. The standard InChI is InChI=1S/C14H16N4O/c1-9(2)7-13-17-11-4-3-10(8-12(11)18-13)16-14(19)5-6-15/h3-4,8-9H,5,7H2,1-2H3,(H,16,19)(H,17,18). The van der Waals surface area contributed by atoms with Gasteiger partial charge in [0.25, 0.3) is 0 Å². The molecule has 0 aliphatic rings. The van der Waals surface area contributed by atoms with E-state index in [9.17, 15) is 4.79 Å². The number of H-pyrrole nitrogens is 1. The Labute approximate surface area is 111 Å². The quantitative estimate of drug-likeness (QED) is 0.882. The summed E-state index contributed by atoms with van der Waals surface area (Å²) in [5.41, 5.74) is 2.45. The summed E-state index contributed by atoms with van der Waals surface area (Å²) in [5.74, 6) is 1.18. The Hall–Kier alpha value is -2.35. The number of nitrogens with zero attached hydrogens (tertiary/aromatic N) is 2. The molecule has 1 heterocycles. The highest BCUT2D eigenvalue weighted by molar-refractivity contribution is 5.94. The zero-order valence-corrected chi connectivity index (χ0v) is 11.0. The van der Waals surface area contributed by atoms with Crippen LogP contribution in [0.25, 0.3) is 11.0 Å². The van der Waals surface area contributed by atoms with Crippen molar-refractivity contribution >= 4 is 22.6 Å². The van der Waals surface area contributed by atoms with Gasteiger partial charge in [0.2, 0.25) is 5.91 Å². The number of nitriles is 1. The SMILES string of the molecule is CC(C)Cc1nc2ccc(NC(=O)CC#N)cc2[nH]1. The summed E-state index contributed by atoms with van der Waals surface area (Å²) in [7, 11) is 0. The lowest BCUT2D eigenvalue weighted by molar-refractivity contribution is -0.115. The molecule has 1 aromatic carbocycles. The molecule has 2 rings (SSSR count). The van der Waals surface area contributed by atoms with Gasteiger partial charge in [0, 0.05) is 12.1 Å². The summed E-state index contributed by atoms with van der Waals surface area (Å²) in [6.07, 6.45) is 0.754. The molecule has 19 heavy (non-hydrogen) atoms. The summed E-state index contributed by atoms with van der Waals surface area (Å²) < 4.78 is 0. The van der Waals surface area contributed by atoms with E-state index in [2.05, 4.69) is 29.1 Å². The third-order valence-corrected chi connectivity index (χ3v) is 2.66. The van der Waals surface area contributed by atoms with E-state index in [0.717, 1.165) is 23.3 Å². The van der Waals surface area contributed by atoms with Crippen LogP contribution in [0, 0.1) is 17.2 Å². The highest BCUT2D eigenvalue weighted by Crippen LogP contribution is 2.18. The number of benzene rings is 1. The Balaban J connectivity index is 2.20. The van der Waals surface area contributed by atoms with Gasteiger partial charge in [-0.05, 0) is 24.1 Å². The van der Waals surface area contributed by atoms with E-state index in [-0.39, 0.29) is 12.3 Å². The van der Waals surface area contributed by atoms with Gasteiger partial charge in [-0.25, -0.2) is 4.98 Å². The van der Waals surface area contributed by atoms with Gasteiger partial charge in [0.15, 0.2) is 0 Å². The summed E-state index contributed by atoms with van der Waals surface area (Å²) in [6, 6.07) is 7.30. The van der Waals surface area contributed by atoms with Gasteiger partial charge in [0.05, 0.1) is 17.1 Å². The lowest BCUT2D eigenvalue weighted by atomic mass is 10.1. The summed E-state index contributed by atoms with van der Waals surface area (Å²) >= 11 is 0. The van der Waals surface area contributed by atoms with Crippen LogP contribution in [-0.4, -0.2) is 15.9 Å². The predicted octanol–water partition coefficient (Wildman–Crippen LogP) is 2.61. The minimum absolute atomic E-state index is 0.139. The Morgan fingerprint density at radius 1 is 1.53 bits per heavy atom. The number of hydrogen-bond acceptors (Lipinski definition) is 3. The Morgan fingerprint density at radius 2 is 2.32 bits per heavy atom. The van der Waals surface area contributed by atoms with Crippen molar-refractivity contribution in [3.8, 4) is 6.07 Å². The van der Waals surface area contributed by atoms with E-state index in [0.29, 0.717) is 11.6 Å². The van der Waals surface area contributed by atoms with Crippen LogP contribution in [0.2, 0.25) is 0 Å². The average molecular weight is 256 g/mol. The van der Waals surface area contributed by atoms with Crippen molar-refractivity contribution in [2.75, 3.05) is 5.32 Å². The van der Waals surface area contributed by atoms with Crippen LogP contribution >= 0.6 is 0 Å². The molecule has 5 nitrogen and oxygen atoms in total. The average Bonchev–Trinajstić information content (AvgIpc) is 2.69. The molecule has 5 heteroatoms. The molecule has 0 bridgehead atoms. The van der Waals surface area contributed by atoms with Gasteiger partial charge in [-0.1, -0.05) is 13.8 Å². The fourth-order valence-corrected chi connectivity index (χ4v) is 1.90. The van der Waals surface area contributed by atoms with Gasteiger partial charge in [-0.15, -0.1) is 0 Å². The molecule has 0 spiro atoms. The third-order valence-electron chi connectivity index (χ3n) is 2.66. The van der Waals surface area contributed by atoms with Gasteiger partial charge < -0.3 is 10.3 Å². The zero-order chi connectivity index (χ0) is 13.8. The van der Waals surface area contributed by atoms with Crippen molar-refractivity contribution in [2.45, 2.75) is 26.7 Å². The largest absolute Gasteiger partial charge is 0.342 e. The minimum Gasteiger partial charge on any atom is -0.342 e. The van der Waals surface area contributed by atoms with Crippen LogP contribution in [0.15, 0.2) is 18.2 Å². The molecule has 1 amide bonds. The maximum atomic E-state index is 11.3. The number of rotatable bonds is 4. The van der Waals surface area contributed by atoms with Crippen molar-refractivity contribution in [1.29, 1.82) is 5.26 Å². The van der Waals surface area contributed by atoms with E-state index in [1.54, 1.807) is 6.07 Å². The highest BCUT2D eigenvalue weighted by atomic mass is 16.1. The molecule has 0 atom stereocenters. The monoisotopic (exact) mass is 256 g/mol. The maximum Gasteiger partial charge on any atom is 0.238 e. The highest BCUT2D eigenvalue weighted by Gasteiger charge is 2.07. The lowest BCUT2D eigenvalue weighted by Crippen LogP contribution is -2.09. The minimum atomic E-state index is -0.302. The molecule has 0 saturated carbocycles. The normalized spacial score (nSPS) is 10.6. The molecule has 0 unspecified atom stereocenters. The number of amides is 1. The Bertz CT molecular complexity index is 636. The first-order valence-corrected chi connectivity index (χ1v) is 6.24. The Morgan fingerprint density at radius 3 is 3.00 bits per heavy atom. The van der Waals surface area contributed by atoms with Crippen LogP contribution in [0.1, 0.15) is 26.1 Å². The number of hydrogen-bond donors (Lipinski definition) is 2. The number of carbonyl (C=O) groups is 1. The first-order chi connectivity index (χ1) is 9.08. The molecule has 2 N–H and O–H groups in total. The van der Waals surface area contributed by atoms with Crippen LogP contribution < -0.4 is 5.32 Å². The summed E-state index contributed by atoms with van der Waals surface area (Å²) in [5, 5.41) is 11.1. The number of fused-ring (bicyclic) bond motifs is 1. The van der Waals surface area contributed by atoms with Crippen molar-refractivity contribution < 1.29 is 4.79 Å². The van der Waals surface area contributed by atoms with E-state index in [4.69, 9.17) is 5.26 Å². The zero-order valence-electron chi connectivity index (χ0n) is 11.0. The van der Waals surface area contributed by atoms with Crippen molar-refractivity contribution in [3.05, 3.63) is 24.0 Å².